The molecule has 0 aliphatic rings. The number of rotatable bonds is 5. The van der Waals surface area contributed by atoms with Gasteiger partial charge in [-0.15, -0.1) is 0 Å². The molecular weight excluding hydrogens is 374 g/mol. The van der Waals surface area contributed by atoms with Crippen molar-refractivity contribution in [2.24, 2.45) is 0 Å². The molecule has 0 N–H and O–H groups in total. The van der Waals surface area contributed by atoms with Gasteiger partial charge >= 0.3 is 0 Å². The summed E-state index contributed by atoms with van der Waals surface area (Å²) in [7, 11) is 1.75. The number of hydrogen-bond acceptors (Lipinski definition) is 3. The Morgan fingerprint density at radius 2 is 1.79 bits per heavy atom. The van der Waals surface area contributed by atoms with E-state index < -0.39 is 0 Å². The average Bonchev–Trinajstić information content (AvgIpc) is 3.38. The van der Waals surface area contributed by atoms with E-state index in [-0.39, 0.29) is 5.91 Å². The van der Waals surface area contributed by atoms with Crippen molar-refractivity contribution in [3.63, 3.8) is 0 Å². The molecule has 0 aliphatic carbocycles. The van der Waals surface area contributed by atoms with Crippen LogP contribution in [0.5, 0.6) is 0 Å². The third kappa shape index (κ3) is 3.68. The average molecular weight is 392 g/mol. The minimum Gasteiger partial charge on any atom is -0.336 e. The summed E-state index contributed by atoms with van der Waals surface area (Å²) in [6.07, 6.45) is 5.41. The summed E-state index contributed by atoms with van der Waals surface area (Å²) in [5.74, 6) is -0.168. The van der Waals surface area contributed by atoms with Gasteiger partial charge in [-0.2, -0.15) is 10.2 Å². The minimum absolute atomic E-state index is 0.168. The van der Waals surface area contributed by atoms with Crippen molar-refractivity contribution in [1.29, 1.82) is 0 Å². The van der Waals surface area contributed by atoms with E-state index in [4.69, 9.17) is 11.6 Å². The molecule has 4 rings (SSSR count). The molecule has 2 aromatic heterocycles. The van der Waals surface area contributed by atoms with Gasteiger partial charge in [0.15, 0.2) is 5.69 Å². The van der Waals surface area contributed by atoms with Crippen molar-refractivity contribution in [1.82, 2.24) is 24.5 Å². The van der Waals surface area contributed by atoms with E-state index in [2.05, 4.69) is 10.2 Å². The fourth-order valence-corrected chi connectivity index (χ4v) is 3.14. The van der Waals surface area contributed by atoms with Crippen molar-refractivity contribution in [3.05, 3.63) is 95.5 Å². The fraction of sp³-hybridized carbons (Fsp3) is 0.0952. The van der Waals surface area contributed by atoms with Crippen LogP contribution >= 0.6 is 11.6 Å². The van der Waals surface area contributed by atoms with E-state index in [1.54, 1.807) is 45.8 Å². The van der Waals surface area contributed by atoms with Gasteiger partial charge in [0.2, 0.25) is 0 Å². The zero-order valence-electron chi connectivity index (χ0n) is 15.2. The number of carbonyl (C=O) groups excluding carboxylic acids is 1. The predicted molar refractivity (Wildman–Crippen MR) is 108 cm³/mol. The van der Waals surface area contributed by atoms with Gasteiger partial charge in [-0.05, 0) is 30.3 Å². The molecule has 0 saturated heterocycles. The van der Waals surface area contributed by atoms with Gasteiger partial charge in [0.1, 0.15) is 0 Å². The predicted octanol–water partition coefficient (Wildman–Crippen LogP) is 3.98. The molecule has 0 bridgehead atoms. The smallest absolute Gasteiger partial charge is 0.274 e. The molecule has 4 aromatic rings. The van der Waals surface area contributed by atoms with E-state index >= 15 is 0 Å². The SMILES string of the molecule is CN(Cc1cnn(-c2ccccc2)c1)C(=O)c1ccn(-c2ccccc2Cl)n1. The summed E-state index contributed by atoms with van der Waals surface area (Å²) in [5.41, 5.74) is 3.00. The quantitative estimate of drug-likeness (QED) is 0.517. The highest BCUT2D eigenvalue weighted by atomic mass is 35.5. The molecule has 0 aliphatic heterocycles. The Bertz CT molecular complexity index is 1100. The van der Waals surface area contributed by atoms with Gasteiger partial charge in [-0.3, -0.25) is 4.79 Å². The van der Waals surface area contributed by atoms with Gasteiger partial charge in [0.05, 0.1) is 22.6 Å². The normalized spacial score (nSPS) is 10.8. The number of para-hydroxylation sites is 2. The maximum Gasteiger partial charge on any atom is 0.274 e. The van der Waals surface area contributed by atoms with Crippen LogP contribution in [0.25, 0.3) is 11.4 Å². The third-order valence-corrected chi connectivity index (χ3v) is 4.65. The van der Waals surface area contributed by atoms with E-state index in [0.717, 1.165) is 16.9 Å². The Labute approximate surface area is 167 Å². The standard InChI is InChI=1S/C21H18ClN5O/c1-25(14-16-13-23-27(15-16)17-7-3-2-4-8-17)21(28)19-11-12-26(24-19)20-10-6-5-9-18(20)22/h2-13,15H,14H2,1H3. The van der Waals surface area contributed by atoms with Crippen LogP contribution < -0.4 is 0 Å². The van der Waals surface area contributed by atoms with E-state index in [1.165, 1.54) is 0 Å². The monoisotopic (exact) mass is 391 g/mol. The van der Waals surface area contributed by atoms with Crippen LogP contribution in [0.1, 0.15) is 16.1 Å². The van der Waals surface area contributed by atoms with Crippen LogP contribution in [0.2, 0.25) is 5.02 Å². The number of carbonyl (C=O) groups is 1. The maximum absolute atomic E-state index is 12.7. The molecule has 0 saturated carbocycles. The number of aromatic nitrogens is 4. The zero-order valence-corrected chi connectivity index (χ0v) is 16.0. The highest BCUT2D eigenvalue weighted by Crippen LogP contribution is 2.19. The number of benzene rings is 2. The van der Waals surface area contributed by atoms with Crippen LogP contribution in [0.3, 0.4) is 0 Å². The highest BCUT2D eigenvalue weighted by Gasteiger charge is 2.17. The summed E-state index contributed by atoms with van der Waals surface area (Å²) < 4.78 is 3.40. The van der Waals surface area contributed by atoms with Crippen LogP contribution in [0.15, 0.2) is 79.3 Å². The lowest BCUT2D eigenvalue weighted by Crippen LogP contribution is -2.26. The molecular formula is C21H18ClN5O. The second-order valence-corrected chi connectivity index (χ2v) is 6.79. The molecule has 6 nitrogen and oxygen atoms in total. The van der Waals surface area contributed by atoms with Gasteiger partial charge < -0.3 is 4.90 Å². The van der Waals surface area contributed by atoms with Gasteiger partial charge in [-0.25, -0.2) is 9.36 Å². The fourth-order valence-electron chi connectivity index (χ4n) is 2.91. The van der Waals surface area contributed by atoms with Gasteiger partial charge in [0.25, 0.3) is 5.91 Å². The minimum atomic E-state index is -0.168. The summed E-state index contributed by atoms with van der Waals surface area (Å²) >= 11 is 6.20. The lowest BCUT2D eigenvalue weighted by molar-refractivity contribution is 0.0779. The topological polar surface area (TPSA) is 56.0 Å². The van der Waals surface area contributed by atoms with Crippen LogP contribution in [0, 0.1) is 0 Å². The summed E-state index contributed by atoms with van der Waals surface area (Å²) in [6, 6.07) is 18.9. The van der Waals surface area contributed by atoms with E-state index in [1.807, 2.05) is 54.7 Å². The number of halogens is 1. The lowest BCUT2D eigenvalue weighted by atomic mass is 10.3. The Morgan fingerprint density at radius 1 is 1.04 bits per heavy atom. The highest BCUT2D eigenvalue weighted by molar-refractivity contribution is 6.32. The first-order valence-corrected chi connectivity index (χ1v) is 9.14. The first kappa shape index (κ1) is 18.0. The van der Waals surface area contributed by atoms with Crippen LogP contribution in [-0.2, 0) is 6.54 Å². The number of amides is 1. The van der Waals surface area contributed by atoms with Gasteiger partial charge in [-0.1, -0.05) is 41.9 Å². The Hall–Kier alpha value is -3.38. The molecule has 0 radical (unpaired) electrons. The summed E-state index contributed by atoms with van der Waals surface area (Å²) in [4.78, 5) is 14.4. The van der Waals surface area contributed by atoms with E-state index in [9.17, 15) is 4.79 Å². The maximum atomic E-state index is 12.7. The van der Waals surface area contributed by atoms with E-state index in [0.29, 0.717) is 17.3 Å². The van der Waals surface area contributed by atoms with Gasteiger partial charge in [0, 0.05) is 31.5 Å². The number of nitrogens with zero attached hydrogens (tertiary/aromatic N) is 5. The summed E-state index contributed by atoms with van der Waals surface area (Å²) in [6.45, 7) is 0.435. The molecule has 2 heterocycles. The van der Waals surface area contributed by atoms with Crippen molar-refractivity contribution in [2.75, 3.05) is 7.05 Å². The molecule has 7 heteroatoms. The lowest BCUT2D eigenvalue weighted by Gasteiger charge is -2.14. The third-order valence-electron chi connectivity index (χ3n) is 4.33. The molecule has 2 aromatic carbocycles. The Kier molecular flexibility index (Phi) is 4.95. The summed E-state index contributed by atoms with van der Waals surface area (Å²) in [5, 5.41) is 9.32. The largest absolute Gasteiger partial charge is 0.336 e. The molecule has 0 unspecified atom stereocenters. The van der Waals surface area contributed by atoms with Crippen LogP contribution in [0.4, 0.5) is 0 Å². The zero-order chi connectivity index (χ0) is 19.5. The van der Waals surface area contributed by atoms with Crippen molar-refractivity contribution in [3.8, 4) is 11.4 Å². The Balaban J connectivity index is 1.47. The van der Waals surface area contributed by atoms with Crippen molar-refractivity contribution >= 4 is 17.5 Å². The molecule has 28 heavy (non-hydrogen) atoms. The molecule has 1 amide bonds. The molecule has 0 spiro atoms. The first-order chi connectivity index (χ1) is 13.6. The second-order valence-electron chi connectivity index (χ2n) is 6.39. The molecule has 140 valence electrons. The first-order valence-electron chi connectivity index (χ1n) is 8.77. The second kappa shape index (κ2) is 7.70. The molecule has 0 atom stereocenters. The molecule has 0 fully saturated rings. The Morgan fingerprint density at radius 3 is 2.57 bits per heavy atom. The van der Waals surface area contributed by atoms with Crippen molar-refractivity contribution in [2.45, 2.75) is 6.54 Å². The number of hydrogen-bond donors (Lipinski definition) is 0. The van der Waals surface area contributed by atoms with Crippen molar-refractivity contribution < 1.29 is 4.79 Å². The van der Waals surface area contributed by atoms with Crippen LogP contribution in [-0.4, -0.2) is 37.4 Å².